The molecule has 0 aliphatic carbocycles. The Kier molecular flexibility index (Phi) is 5.16. The molecular formula is C16H21NO4S. The molecule has 1 aliphatic rings. The average Bonchev–Trinajstić information content (AvgIpc) is 2.48. The van der Waals surface area contributed by atoms with Crippen LogP contribution >= 0.6 is 0 Å². The van der Waals surface area contributed by atoms with Gasteiger partial charge in [-0.3, -0.25) is 4.79 Å². The molecule has 1 heterocycles. The first kappa shape index (κ1) is 16.9. The molecule has 0 radical (unpaired) electrons. The van der Waals surface area contributed by atoms with Crippen LogP contribution in [0.15, 0.2) is 41.3 Å². The van der Waals surface area contributed by atoms with Gasteiger partial charge in [-0.05, 0) is 37.6 Å². The molecule has 0 fully saturated rings. The third-order valence-corrected chi connectivity index (χ3v) is 5.65. The zero-order valence-electron chi connectivity index (χ0n) is 12.8. The summed E-state index contributed by atoms with van der Waals surface area (Å²) >= 11 is 0. The van der Waals surface area contributed by atoms with Gasteiger partial charge in [-0.25, -0.2) is 8.42 Å². The SMILES string of the molecule is CCCC[C@@H]1C(=O)C=C[C@H](O)N1S(=O)(=O)c1ccc(C)cc1. The third-order valence-electron chi connectivity index (χ3n) is 3.76. The predicted octanol–water partition coefficient (Wildman–Crippen LogP) is 2.00. The van der Waals surface area contributed by atoms with Crippen LogP contribution in [0.3, 0.4) is 0 Å². The summed E-state index contributed by atoms with van der Waals surface area (Å²) in [6.45, 7) is 3.83. The number of ketones is 1. The normalized spacial score (nSPS) is 23.0. The Morgan fingerprint density at radius 1 is 1.23 bits per heavy atom. The van der Waals surface area contributed by atoms with Crippen LogP contribution in [0.1, 0.15) is 31.7 Å². The second-order valence-corrected chi connectivity index (χ2v) is 7.32. The molecule has 5 nitrogen and oxygen atoms in total. The van der Waals surface area contributed by atoms with Crippen molar-refractivity contribution < 1.29 is 18.3 Å². The lowest BCUT2D eigenvalue weighted by atomic mass is 10.0. The molecule has 0 saturated carbocycles. The topological polar surface area (TPSA) is 74.7 Å². The molecule has 120 valence electrons. The highest BCUT2D eigenvalue weighted by Crippen LogP contribution is 2.27. The number of benzene rings is 1. The van der Waals surface area contributed by atoms with E-state index in [1.165, 1.54) is 24.3 Å². The van der Waals surface area contributed by atoms with Crippen molar-refractivity contribution in [2.24, 2.45) is 0 Å². The van der Waals surface area contributed by atoms with Gasteiger partial charge in [-0.2, -0.15) is 4.31 Å². The number of aliphatic hydroxyl groups is 1. The molecule has 0 aromatic heterocycles. The Labute approximate surface area is 131 Å². The molecular weight excluding hydrogens is 302 g/mol. The summed E-state index contributed by atoms with van der Waals surface area (Å²) in [5, 5.41) is 10.1. The van der Waals surface area contributed by atoms with Gasteiger partial charge in [0.1, 0.15) is 6.23 Å². The van der Waals surface area contributed by atoms with Crippen molar-refractivity contribution in [2.75, 3.05) is 0 Å². The van der Waals surface area contributed by atoms with E-state index in [0.29, 0.717) is 6.42 Å². The number of aliphatic hydroxyl groups excluding tert-OH is 1. The highest BCUT2D eigenvalue weighted by atomic mass is 32.2. The van der Waals surface area contributed by atoms with E-state index in [1.54, 1.807) is 12.1 Å². The molecule has 0 unspecified atom stereocenters. The molecule has 2 atom stereocenters. The minimum atomic E-state index is -3.93. The fourth-order valence-corrected chi connectivity index (χ4v) is 4.12. The van der Waals surface area contributed by atoms with E-state index in [0.717, 1.165) is 22.7 Å². The largest absolute Gasteiger partial charge is 0.374 e. The quantitative estimate of drug-likeness (QED) is 0.899. The second kappa shape index (κ2) is 6.73. The van der Waals surface area contributed by atoms with Crippen molar-refractivity contribution in [3.05, 3.63) is 42.0 Å². The molecule has 2 rings (SSSR count). The summed E-state index contributed by atoms with van der Waals surface area (Å²) in [7, 11) is -3.93. The van der Waals surface area contributed by atoms with Gasteiger partial charge in [0, 0.05) is 0 Å². The van der Waals surface area contributed by atoms with Crippen LogP contribution in [0.5, 0.6) is 0 Å². The lowest BCUT2D eigenvalue weighted by Gasteiger charge is -2.34. The first-order chi connectivity index (χ1) is 10.4. The van der Waals surface area contributed by atoms with Gasteiger partial charge in [-0.15, -0.1) is 0 Å². The zero-order chi connectivity index (χ0) is 16.3. The van der Waals surface area contributed by atoms with E-state index in [2.05, 4.69) is 0 Å². The Bertz CT molecular complexity index is 664. The molecule has 22 heavy (non-hydrogen) atoms. The van der Waals surface area contributed by atoms with Crippen LogP contribution in [-0.2, 0) is 14.8 Å². The maximum atomic E-state index is 12.8. The van der Waals surface area contributed by atoms with Crippen LogP contribution in [0.2, 0.25) is 0 Å². The molecule has 0 bridgehead atoms. The summed E-state index contributed by atoms with van der Waals surface area (Å²) in [6, 6.07) is 5.55. The van der Waals surface area contributed by atoms with Gasteiger partial charge < -0.3 is 5.11 Å². The highest BCUT2D eigenvalue weighted by Gasteiger charge is 2.40. The van der Waals surface area contributed by atoms with Crippen molar-refractivity contribution in [2.45, 2.75) is 50.3 Å². The monoisotopic (exact) mass is 323 g/mol. The first-order valence-electron chi connectivity index (χ1n) is 7.38. The molecule has 1 aromatic rings. The maximum absolute atomic E-state index is 12.8. The smallest absolute Gasteiger partial charge is 0.246 e. The standard InChI is InChI=1S/C16H21NO4S/c1-3-4-5-14-15(18)10-11-16(19)17(14)22(20,21)13-8-6-12(2)7-9-13/h6-11,14,16,19H,3-5H2,1-2H3/t14-,16+/m1/s1. The van der Waals surface area contributed by atoms with Gasteiger partial charge in [0.25, 0.3) is 0 Å². The number of carbonyl (C=O) groups is 1. The lowest BCUT2D eigenvalue weighted by molar-refractivity contribution is -0.121. The number of rotatable bonds is 5. The molecule has 1 aliphatic heterocycles. The Morgan fingerprint density at radius 2 is 1.86 bits per heavy atom. The fraction of sp³-hybridized carbons (Fsp3) is 0.438. The number of aryl methyl sites for hydroxylation is 1. The Morgan fingerprint density at radius 3 is 2.45 bits per heavy atom. The second-order valence-electron chi connectivity index (χ2n) is 5.48. The minimum Gasteiger partial charge on any atom is -0.374 e. The van der Waals surface area contributed by atoms with E-state index in [1.807, 2.05) is 13.8 Å². The van der Waals surface area contributed by atoms with Crippen LogP contribution < -0.4 is 0 Å². The number of unbranched alkanes of at least 4 members (excludes halogenated alkanes) is 1. The van der Waals surface area contributed by atoms with E-state index in [4.69, 9.17) is 0 Å². The zero-order valence-corrected chi connectivity index (χ0v) is 13.6. The van der Waals surface area contributed by atoms with Gasteiger partial charge >= 0.3 is 0 Å². The van der Waals surface area contributed by atoms with Crippen molar-refractivity contribution in [3.8, 4) is 0 Å². The molecule has 1 aromatic carbocycles. The van der Waals surface area contributed by atoms with Crippen molar-refractivity contribution in [1.29, 1.82) is 0 Å². The van der Waals surface area contributed by atoms with E-state index < -0.39 is 22.3 Å². The number of hydrogen-bond acceptors (Lipinski definition) is 4. The predicted molar refractivity (Wildman–Crippen MR) is 83.7 cm³/mol. The lowest BCUT2D eigenvalue weighted by Crippen LogP contribution is -2.52. The van der Waals surface area contributed by atoms with Gasteiger partial charge in [0.2, 0.25) is 10.0 Å². The summed E-state index contributed by atoms with van der Waals surface area (Å²) < 4.78 is 26.5. The van der Waals surface area contributed by atoms with Crippen LogP contribution in [0.4, 0.5) is 0 Å². The Hall–Kier alpha value is -1.50. The van der Waals surface area contributed by atoms with Gasteiger partial charge in [0.05, 0.1) is 10.9 Å². The van der Waals surface area contributed by atoms with Crippen LogP contribution in [-0.4, -0.2) is 35.9 Å². The molecule has 1 N–H and O–H groups in total. The molecule has 0 spiro atoms. The van der Waals surface area contributed by atoms with Crippen molar-refractivity contribution in [3.63, 3.8) is 0 Å². The molecule has 0 amide bonds. The van der Waals surface area contributed by atoms with E-state index in [-0.39, 0.29) is 10.7 Å². The number of sulfonamides is 1. The van der Waals surface area contributed by atoms with Gasteiger partial charge in [-0.1, -0.05) is 37.5 Å². The summed E-state index contributed by atoms with van der Waals surface area (Å²) in [6.07, 6.45) is 3.15. The highest BCUT2D eigenvalue weighted by molar-refractivity contribution is 7.89. The minimum absolute atomic E-state index is 0.0850. The third kappa shape index (κ3) is 3.29. The maximum Gasteiger partial charge on any atom is 0.246 e. The van der Waals surface area contributed by atoms with E-state index >= 15 is 0 Å². The van der Waals surface area contributed by atoms with E-state index in [9.17, 15) is 18.3 Å². The number of nitrogens with zero attached hydrogens (tertiary/aromatic N) is 1. The summed E-state index contributed by atoms with van der Waals surface area (Å²) in [5.74, 6) is -0.283. The molecule has 0 saturated heterocycles. The van der Waals surface area contributed by atoms with Crippen LogP contribution in [0.25, 0.3) is 0 Å². The summed E-state index contributed by atoms with van der Waals surface area (Å²) in [5.41, 5.74) is 0.941. The fourth-order valence-electron chi connectivity index (χ4n) is 2.50. The van der Waals surface area contributed by atoms with Crippen molar-refractivity contribution >= 4 is 15.8 Å². The Balaban J connectivity index is 2.42. The van der Waals surface area contributed by atoms with Crippen molar-refractivity contribution in [1.82, 2.24) is 4.31 Å². The van der Waals surface area contributed by atoms with Crippen LogP contribution in [0, 0.1) is 6.92 Å². The summed E-state index contributed by atoms with van der Waals surface area (Å²) in [4.78, 5) is 12.2. The molecule has 6 heteroatoms. The van der Waals surface area contributed by atoms with Gasteiger partial charge in [0.15, 0.2) is 5.78 Å². The number of hydrogen-bond donors (Lipinski definition) is 1. The number of carbonyl (C=O) groups excluding carboxylic acids is 1. The average molecular weight is 323 g/mol. The first-order valence-corrected chi connectivity index (χ1v) is 8.82.